The van der Waals surface area contributed by atoms with Gasteiger partial charge in [-0.15, -0.1) is 45.5 Å². The average Bonchev–Trinajstić information content (AvgIpc) is 3.37. The number of halogens is 1. The molecule has 0 radical (unpaired) electrons. The molecule has 0 amide bonds. The summed E-state index contributed by atoms with van der Waals surface area (Å²) in [5.74, 6) is 2.65. The predicted octanol–water partition coefficient (Wildman–Crippen LogP) is 1.54. The van der Waals surface area contributed by atoms with Crippen LogP contribution in [0.3, 0.4) is 0 Å². The number of nitrogens with zero attached hydrogens (tertiary/aromatic N) is 7. The van der Waals surface area contributed by atoms with Crippen molar-refractivity contribution in [2.24, 2.45) is 12.0 Å². The minimum absolute atomic E-state index is 0. The summed E-state index contributed by atoms with van der Waals surface area (Å²) < 4.78 is 7.40. The van der Waals surface area contributed by atoms with E-state index in [2.05, 4.69) is 37.3 Å². The number of morpholine rings is 1. The number of aromatic nitrogens is 4. The molecule has 1 fully saturated rings. The van der Waals surface area contributed by atoms with Crippen LogP contribution in [0.25, 0.3) is 0 Å². The zero-order valence-corrected chi connectivity index (χ0v) is 21.2. The van der Waals surface area contributed by atoms with Crippen molar-refractivity contribution >= 4 is 41.3 Å². The van der Waals surface area contributed by atoms with Gasteiger partial charge in [0.15, 0.2) is 11.8 Å². The Morgan fingerprint density at radius 2 is 2.13 bits per heavy atom. The smallest absolute Gasteiger partial charge is 0.194 e. The van der Waals surface area contributed by atoms with Gasteiger partial charge in [-0.05, 0) is 19.9 Å². The molecule has 2 aromatic heterocycles. The zero-order valence-electron chi connectivity index (χ0n) is 18.1. The third kappa shape index (κ3) is 7.75. The standard InChI is InChI=1S/C19H32N8OS.HI/c1-16-23-24-17(26(16)3)15-22-19(25(2)9-5-18-20-7-14-29-18)21-6-4-8-27-10-12-28-13-11-27;/h7,14H,4-6,8-13,15H2,1-3H3,(H,21,22);1H. The summed E-state index contributed by atoms with van der Waals surface area (Å²) in [6, 6.07) is 0. The number of rotatable bonds is 9. The number of hydrogen-bond acceptors (Lipinski definition) is 7. The molecule has 2 aromatic rings. The van der Waals surface area contributed by atoms with Crippen molar-refractivity contribution in [2.45, 2.75) is 26.3 Å². The van der Waals surface area contributed by atoms with Crippen molar-refractivity contribution in [2.75, 3.05) is 53.0 Å². The molecule has 9 nitrogen and oxygen atoms in total. The summed E-state index contributed by atoms with van der Waals surface area (Å²) in [6.45, 7) is 9.02. The average molecular weight is 548 g/mol. The lowest BCUT2D eigenvalue weighted by atomic mass is 10.3. The van der Waals surface area contributed by atoms with E-state index in [1.54, 1.807) is 11.3 Å². The first-order chi connectivity index (χ1) is 14.1. The van der Waals surface area contributed by atoms with Crippen LogP contribution in [0.4, 0.5) is 0 Å². The maximum atomic E-state index is 5.42. The van der Waals surface area contributed by atoms with Gasteiger partial charge in [-0.25, -0.2) is 9.98 Å². The second-order valence-electron chi connectivity index (χ2n) is 7.19. The van der Waals surface area contributed by atoms with Crippen molar-refractivity contribution < 1.29 is 4.74 Å². The van der Waals surface area contributed by atoms with Crippen LogP contribution in [0.2, 0.25) is 0 Å². The highest BCUT2D eigenvalue weighted by molar-refractivity contribution is 14.0. The minimum Gasteiger partial charge on any atom is -0.379 e. The number of aliphatic imine (C=N–C) groups is 1. The Morgan fingerprint density at radius 1 is 1.33 bits per heavy atom. The second kappa shape index (κ2) is 13.2. The summed E-state index contributed by atoms with van der Waals surface area (Å²) in [5, 5.41) is 15.0. The lowest BCUT2D eigenvalue weighted by Gasteiger charge is -2.27. The SMILES string of the molecule is Cc1nnc(CN=C(NCCCN2CCOCC2)N(C)CCc2nccs2)n1C.I. The lowest BCUT2D eigenvalue weighted by molar-refractivity contribution is 0.0375. The zero-order chi connectivity index (χ0) is 20.5. The van der Waals surface area contributed by atoms with Gasteiger partial charge < -0.3 is 19.5 Å². The van der Waals surface area contributed by atoms with Crippen molar-refractivity contribution in [1.82, 2.24) is 34.9 Å². The van der Waals surface area contributed by atoms with Crippen molar-refractivity contribution in [3.8, 4) is 0 Å². The van der Waals surface area contributed by atoms with Crippen molar-refractivity contribution in [1.29, 1.82) is 0 Å². The highest BCUT2D eigenvalue weighted by atomic mass is 127. The molecule has 3 heterocycles. The van der Waals surface area contributed by atoms with E-state index in [9.17, 15) is 0 Å². The van der Waals surface area contributed by atoms with Gasteiger partial charge in [0, 0.05) is 58.3 Å². The molecular weight excluding hydrogens is 515 g/mol. The predicted molar refractivity (Wildman–Crippen MR) is 131 cm³/mol. The summed E-state index contributed by atoms with van der Waals surface area (Å²) in [5.41, 5.74) is 0. The molecule has 3 rings (SSSR count). The Labute approximate surface area is 200 Å². The van der Waals surface area contributed by atoms with E-state index >= 15 is 0 Å². The summed E-state index contributed by atoms with van der Waals surface area (Å²) in [6.07, 6.45) is 3.84. The topological polar surface area (TPSA) is 83.7 Å². The Balaban J connectivity index is 0.00000320. The normalized spacial score (nSPS) is 15.1. The first kappa shape index (κ1) is 25.0. The Bertz CT molecular complexity index is 761. The summed E-state index contributed by atoms with van der Waals surface area (Å²) >= 11 is 1.69. The van der Waals surface area contributed by atoms with Crippen molar-refractivity contribution in [3.05, 3.63) is 28.2 Å². The molecule has 0 aliphatic carbocycles. The van der Waals surface area contributed by atoms with Crippen LogP contribution in [-0.2, 0) is 24.8 Å². The van der Waals surface area contributed by atoms with Gasteiger partial charge in [0.2, 0.25) is 0 Å². The molecule has 0 aromatic carbocycles. The minimum atomic E-state index is 0. The van der Waals surface area contributed by atoms with Crippen LogP contribution in [0, 0.1) is 6.92 Å². The van der Waals surface area contributed by atoms with E-state index < -0.39 is 0 Å². The van der Waals surface area contributed by atoms with Gasteiger partial charge in [-0.1, -0.05) is 0 Å². The van der Waals surface area contributed by atoms with Crippen LogP contribution in [-0.4, -0.2) is 88.5 Å². The number of hydrogen-bond donors (Lipinski definition) is 1. The molecule has 0 bridgehead atoms. The molecule has 1 N–H and O–H groups in total. The Kier molecular flexibility index (Phi) is 11.0. The fourth-order valence-electron chi connectivity index (χ4n) is 3.12. The highest BCUT2D eigenvalue weighted by Crippen LogP contribution is 2.06. The van der Waals surface area contributed by atoms with Crippen LogP contribution >= 0.6 is 35.3 Å². The van der Waals surface area contributed by atoms with E-state index in [-0.39, 0.29) is 24.0 Å². The maximum absolute atomic E-state index is 5.42. The molecule has 0 spiro atoms. The highest BCUT2D eigenvalue weighted by Gasteiger charge is 2.12. The number of guanidine groups is 1. The van der Waals surface area contributed by atoms with Gasteiger partial charge in [-0.3, -0.25) is 4.90 Å². The first-order valence-corrected chi connectivity index (χ1v) is 11.0. The van der Waals surface area contributed by atoms with Gasteiger partial charge >= 0.3 is 0 Å². The Morgan fingerprint density at radius 3 is 2.80 bits per heavy atom. The van der Waals surface area contributed by atoms with Crippen LogP contribution in [0.15, 0.2) is 16.6 Å². The largest absolute Gasteiger partial charge is 0.379 e. The van der Waals surface area contributed by atoms with Gasteiger partial charge in [0.1, 0.15) is 12.4 Å². The molecule has 30 heavy (non-hydrogen) atoms. The van der Waals surface area contributed by atoms with Crippen molar-refractivity contribution in [3.63, 3.8) is 0 Å². The van der Waals surface area contributed by atoms with Crippen LogP contribution < -0.4 is 5.32 Å². The summed E-state index contributed by atoms with van der Waals surface area (Å²) in [7, 11) is 4.05. The quantitative estimate of drug-likeness (QED) is 0.220. The molecular formula is C19H33IN8OS. The number of nitrogens with one attached hydrogen (secondary N) is 1. The Hall–Kier alpha value is -1.31. The molecule has 1 saturated heterocycles. The third-order valence-corrected chi connectivity index (χ3v) is 5.94. The van der Waals surface area contributed by atoms with Gasteiger partial charge in [0.25, 0.3) is 0 Å². The van der Waals surface area contributed by atoms with Crippen LogP contribution in [0.1, 0.15) is 23.1 Å². The fourth-order valence-corrected chi connectivity index (χ4v) is 3.73. The van der Waals surface area contributed by atoms with E-state index in [0.717, 1.165) is 81.4 Å². The van der Waals surface area contributed by atoms with E-state index in [4.69, 9.17) is 9.73 Å². The van der Waals surface area contributed by atoms with E-state index in [0.29, 0.717) is 6.54 Å². The van der Waals surface area contributed by atoms with Gasteiger partial charge in [0.05, 0.1) is 18.2 Å². The summed E-state index contributed by atoms with van der Waals surface area (Å²) in [4.78, 5) is 13.8. The fraction of sp³-hybridized carbons (Fsp3) is 0.684. The number of thiazole rings is 1. The second-order valence-corrected chi connectivity index (χ2v) is 8.17. The number of ether oxygens (including phenoxy) is 1. The molecule has 0 unspecified atom stereocenters. The molecule has 0 saturated carbocycles. The lowest BCUT2D eigenvalue weighted by Crippen LogP contribution is -2.42. The number of aryl methyl sites for hydroxylation is 1. The molecule has 1 aliphatic heterocycles. The molecule has 0 atom stereocenters. The third-order valence-electron chi connectivity index (χ3n) is 5.10. The van der Waals surface area contributed by atoms with Gasteiger partial charge in [-0.2, -0.15) is 0 Å². The monoisotopic (exact) mass is 548 g/mol. The first-order valence-electron chi connectivity index (χ1n) is 10.2. The van der Waals surface area contributed by atoms with Crippen LogP contribution in [0.5, 0.6) is 0 Å². The maximum Gasteiger partial charge on any atom is 0.194 e. The molecule has 11 heteroatoms. The van der Waals surface area contributed by atoms with E-state index in [1.165, 1.54) is 0 Å². The molecule has 1 aliphatic rings. The molecule has 168 valence electrons. The van der Waals surface area contributed by atoms with E-state index in [1.807, 2.05) is 30.1 Å². The number of likely N-dealkylation sites (N-methyl/N-ethyl adjacent to an activating group) is 1.